The van der Waals surface area contributed by atoms with Crippen molar-refractivity contribution in [3.8, 4) is 5.75 Å². The third-order valence-electron chi connectivity index (χ3n) is 3.82. The lowest BCUT2D eigenvalue weighted by atomic mass is 9.99. The Morgan fingerprint density at radius 3 is 2.33 bits per heavy atom. The second-order valence-electron chi connectivity index (χ2n) is 5.92. The molecule has 18 heavy (non-hydrogen) atoms. The molecule has 3 nitrogen and oxygen atoms in total. The molecule has 0 aliphatic rings. The third kappa shape index (κ3) is 3.34. The van der Waals surface area contributed by atoms with Gasteiger partial charge in [0.15, 0.2) is 8.32 Å². The van der Waals surface area contributed by atoms with Gasteiger partial charge in [0.25, 0.3) is 0 Å². The van der Waals surface area contributed by atoms with E-state index in [0.717, 1.165) is 23.3 Å². The molecule has 0 bridgehead atoms. The van der Waals surface area contributed by atoms with E-state index < -0.39 is 8.32 Å². The van der Waals surface area contributed by atoms with Crippen LogP contribution >= 0.6 is 0 Å². The van der Waals surface area contributed by atoms with Gasteiger partial charge in [-0.2, -0.15) is 0 Å². The van der Waals surface area contributed by atoms with Crippen LogP contribution in [0.15, 0.2) is 18.2 Å². The molecule has 0 unspecified atom stereocenters. The van der Waals surface area contributed by atoms with Crippen LogP contribution in [0.5, 0.6) is 5.75 Å². The molecule has 0 radical (unpaired) electrons. The highest BCUT2D eigenvalue weighted by Crippen LogP contribution is 2.40. The molecule has 0 spiro atoms. The van der Waals surface area contributed by atoms with Crippen molar-refractivity contribution in [3.05, 3.63) is 29.3 Å². The summed E-state index contributed by atoms with van der Waals surface area (Å²) in [6.07, 6.45) is 0.750. The molecule has 0 saturated carbocycles. The van der Waals surface area contributed by atoms with Crippen LogP contribution in [0.25, 0.3) is 0 Å². The molecule has 0 fully saturated rings. The molecule has 1 rings (SSSR count). The van der Waals surface area contributed by atoms with Gasteiger partial charge in [-0.1, -0.05) is 19.9 Å². The summed E-state index contributed by atoms with van der Waals surface area (Å²) < 4.78 is 5.36. The van der Waals surface area contributed by atoms with Crippen LogP contribution in [0.4, 0.5) is 0 Å². The van der Waals surface area contributed by atoms with Crippen molar-refractivity contribution in [2.75, 3.05) is 7.11 Å². The average Bonchev–Trinajstić information content (AvgIpc) is 2.26. The average molecular weight is 268 g/mol. The largest absolute Gasteiger partial charge is 0.496 e. The first-order valence-corrected chi connectivity index (χ1v) is 9.15. The molecule has 1 aromatic carbocycles. The summed E-state index contributed by atoms with van der Waals surface area (Å²) in [4.78, 5) is 10.3. The molecule has 2 N–H and O–H groups in total. The Balaban J connectivity index is 3.09. The van der Waals surface area contributed by atoms with Gasteiger partial charge >= 0.3 is 0 Å². The zero-order valence-electron chi connectivity index (χ0n) is 11.9. The zero-order chi connectivity index (χ0) is 14.0. The Bertz CT molecular complexity index is 408. The number of hydrogen-bond donors (Lipinski definition) is 2. The fourth-order valence-electron chi connectivity index (χ4n) is 1.76. The van der Waals surface area contributed by atoms with Crippen molar-refractivity contribution in [3.63, 3.8) is 0 Å². The van der Waals surface area contributed by atoms with Gasteiger partial charge in [-0.3, -0.25) is 0 Å². The van der Waals surface area contributed by atoms with Gasteiger partial charge in [0, 0.05) is 0 Å². The quantitative estimate of drug-likeness (QED) is 0.807. The van der Waals surface area contributed by atoms with Crippen molar-refractivity contribution < 1.29 is 14.6 Å². The summed E-state index contributed by atoms with van der Waals surface area (Å²) in [5, 5.41) is 9.06. The molecule has 0 heterocycles. The number of hydrogen-bond acceptors (Lipinski definition) is 3. The molecule has 0 aliphatic heterocycles. The van der Waals surface area contributed by atoms with Crippen molar-refractivity contribution in [1.82, 2.24) is 0 Å². The minimum Gasteiger partial charge on any atom is -0.496 e. The first-order chi connectivity index (χ1) is 8.21. The van der Waals surface area contributed by atoms with E-state index in [0.29, 0.717) is 0 Å². The highest BCUT2D eigenvalue weighted by molar-refractivity contribution is 6.72. The molecule has 102 valence electrons. The number of methoxy groups -OCH3 is 1. The van der Waals surface area contributed by atoms with Crippen LogP contribution in [0.3, 0.4) is 0 Å². The van der Waals surface area contributed by atoms with E-state index in [9.17, 15) is 9.90 Å². The van der Waals surface area contributed by atoms with E-state index >= 15 is 0 Å². The molecule has 0 aromatic heterocycles. The van der Waals surface area contributed by atoms with Crippen molar-refractivity contribution in [1.29, 1.82) is 0 Å². The van der Waals surface area contributed by atoms with Gasteiger partial charge < -0.3 is 14.6 Å². The smallest absolute Gasteiger partial charge is 0.188 e. The van der Waals surface area contributed by atoms with Gasteiger partial charge in [-0.25, -0.2) is 0 Å². The van der Waals surface area contributed by atoms with Crippen LogP contribution < -0.4 is 4.74 Å². The van der Waals surface area contributed by atoms with Gasteiger partial charge in [0.1, 0.15) is 5.75 Å². The summed E-state index contributed by atoms with van der Waals surface area (Å²) >= 11 is 0. The first-order valence-electron chi connectivity index (χ1n) is 6.20. The fourth-order valence-corrected chi connectivity index (χ4v) is 2.38. The summed E-state index contributed by atoms with van der Waals surface area (Å²) in [7, 11) is -0.604. The van der Waals surface area contributed by atoms with Crippen LogP contribution in [0.2, 0.25) is 18.1 Å². The van der Waals surface area contributed by atoms with Crippen LogP contribution in [-0.2, 0) is 13.0 Å². The lowest BCUT2D eigenvalue weighted by Crippen LogP contribution is -2.40. The van der Waals surface area contributed by atoms with E-state index in [-0.39, 0.29) is 11.6 Å². The predicted molar refractivity (Wildman–Crippen MR) is 76.4 cm³/mol. The number of benzene rings is 1. The summed E-state index contributed by atoms with van der Waals surface area (Å²) in [5.74, 6) is 0.818. The van der Waals surface area contributed by atoms with Gasteiger partial charge in [-0.15, -0.1) is 0 Å². The maximum atomic E-state index is 10.3. The summed E-state index contributed by atoms with van der Waals surface area (Å²) in [5.41, 5.74) is 1.92. The Labute approximate surface area is 111 Å². The van der Waals surface area contributed by atoms with E-state index in [1.54, 1.807) is 7.11 Å². The second kappa shape index (κ2) is 5.43. The Morgan fingerprint density at radius 1 is 1.28 bits per heavy atom. The Hall–Kier alpha value is -0.843. The van der Waals surface area contributed by atoms with Crippen LogP contribution in [-0.4, -0.2) is 25.3 Å². The molecular weight excluding hydrogens is 244 g/mol. The van der Waals surface area contributed by atoms with Crippen molar-refractivity contribution in [2.24, 2.45) is 0 Å². The lowest BCUT2D eigenvalue weighted by Gasteiger charge is -2.35. The molecule has 4 heteroatoms. The van der Waals surface area contributed by atoms with Crippen molar-refractivity contribution >= 4 is 8.32 Å². The Morgan fingerprint density at radius 2 is 1.89 bits per heavy atom. The molecule has 0 saturated heterocycles. The van der Waals surface area contributed by atoms with Crippen molar-refractivity contribution in [2.45, 2.75) is 45.0 Å². The lowest BCUT2D eigenvalue weighted by molar-refractivity contribution is 0.281. The van der Waals surface area contributed by atoms with E-state index in [4.69, 9.17) is 4.74 Å². The van der Waals surface area contributed by atoms with E-state index in [1.165, 1.54) is 0 Å². The monoisotopic (exact) mass is 268 g/mol. The van der Waals surface area contributed by atoms with Gasteiger partial charge in [-0.05, 0) is 47.8 Å². The van der Waals surface area contributed by atoms with Gasteiger partial charge in [0.05, 0.1) is 13.7 Å². The molecule has 0 aliphatic carbocycles. The minimum absolute atomic E-state index is 0.0252. The minimum atomic E-state index is -2.25. The van der Waals surface area contributed by atoms with Gasteiger partial charge in [0.2, 0.25) is 0 Å². The normalized spacial score (nSPS) is 12.6. The summed E-state index contributed by atoms with van der Waals surface area (Å²) in [6.45, 7) is 8.11. The van der Waals surface area contributed by atoms with Crippen LogP contribution in [0, 0.1) is 0 Å². The second-order valence-corrected chi connectivity index (χ2v) is 10.4. The molecular formula is C14H24O3Si. The number of rotatable bonds is 5. The number of aliphatic hydroxyl groups is 1. The predicted octanol–water partition coefficient (Wildman–Crippen LogP) is 2.71. The fraction of sp³-hybridized carbons (Fsp3) is 0.571. The van der Waals surface area contributed by atoms with E-state index in [1.807, 2.05) is 31.3 Å². The molecule has 0 atom stereocenters. The van der Waals surface area contributed by atoms with E-state index in [2.05, 4.69) is 13.8 Å². The van der Waals surface area contributed by atoms with Crippen LogP contribution in [0.1, 0.15) is 25.0 Å². The maximum Gasteiger partial charge on any atom is 0.188 e. The topological polar surface area (TPSA) is 49.7 Å². The first kappa shape index (κ1) is 15.2. The number of ether oxygens (including phenoxy) is 1. The molecule has 1 aromatic rings. The molecule has 0 amide bonds. The zero-order valence-corrected chi connectivity index (χ0v) is 12.9. The maximum absolute atomic E-state index is 10.3. The summed E-state index contributed by atoms with van der Waals surface area (Å²) in [6, 6.07) is 5.69. The SMILES string of the molecule is COc1ccc(CO)cc1CC(C)(C)[Si](C)(C)O. The standard InChI is InChI=1S/C14H24O3Si/c1-14(2,18(4,5)16)9-12-8-11(10-15)6-7-13(12)17-3/h6-8,15-16H,9-10H2,1-5H3. The number of aliphatic hydroxyl groups excluding tert-OH is 1. The highest BCUT2D eigenvalue weighted by atomic mass is 28.4. The Kier molecular flexibility index (Phi) is 4.59. The highest BCUT2D eigenvalue weighted by Gasteiger charge is 2.38. The third-order valence-corrected chi connectivity index (χ3v) is 7.31.